The van der Waals surface area contributed by atoms with E-state index >= 15 is 0 Å². The Bertz CT molecular complexity index is 919. The lowest BCUT2D eigenvalue weighted by Gasteiger charge is -2.19. The maximum absolute atomic E-state index is 12.8. The smallest absolute Gasteiger partial charge is 0.241 e. The van der Waals surface area contributed by atoms with E-state index in [1.807, 2.05) is 49.9 Å². The maximum Gasteiger partial charge on any atom is 0.241 e. The summed E-state index contributed by atoms with van der Waals surface area (Å²) in [7, 11) is 3.85. The van der Waals surface area contributed by atoms with Crippen LogP contribution in [0.25, 0.3) is 10.6 Å². The third-order valence-corrected chi connectivity index (χ3v) is 5.83. The average molecular weight is 382 g/mol. The number of hydrogen-bond acceptors (Lipinski definition) is 5. The first-order chi connectivity index (χ1) is 13.1. The quantitative estimate of drug-likeness (QED) is 0.713. The molecule has 0 aliphatic carbocycles. The van der Waals surface area contributed by atoms with Crippen LogP contribution in [-0.4, -0.2) is 33.4 Å². The number of hydrogen-bond donors (Lipinski definition) is 2. The fourth-order valence-electron chi connectivity index (χ4n) is 3.43. The minimum absolute atomic E-state index is 0.0773. The average Bonchev–Trinajstić information content (AvgIpc) is 3.42. The predicted molar refractivity (Wildman–Crippen MR) is 107 cm³/mol. The lowest BCUT2D eigenvalue weighted by Crippen LogP contribution is -2.43. The van der Waals surface area contributed by atoms with Crippen LogP contribution in [0.1, 0.15) is 23.9 Å². The second kappa shape index (κ2) is 7.64. The molecule has 0 bridgehead atoms. The minimum atomic E-state index is -0.234. The van der Waals surface area contributed by atoms with E-state index in [9.17, 15) is 4.79 Å². The van der Waals surface area contributed by atoms with Crippen LogP contribution in [-0.2, 0) is 18.4 Å². The highest BCUT2D eigenvalue weighted by Crippen LogP contribution is 2.25. The second-order valence-corrected chi connectivity index (χ2v) is 7.74. The predicted octanol–water partition coefficient (Wildman–Crippen LogP) is 2.71. The van der Waals surface area contributed by atoms with Crippen LogP contribution < -0.4 is 10.9 Å². The van der Waals surface area contributed by atoms with Crippen LogP contribution >= 0.6 is 11.3 Å². The molecule has 2 atom stereocenters. The van der Waals surface area contributed by atoms with Crippen LogP contribution in [0.4, 0.5) is 0 Å². The third-order valence-electron chi connectivity index (χ3n) is 4.89. The summed E-state index contributed by atoms with van der Waals surface area (Å²) in [5.41, 5.74) is 9.59. The lowest BCUT2D eigenvalue weighted by molar-refractivity contribution is -0.132. The van der Waals surface area contributed by atoms with Gasteiger partial charge in [-0.2, -0.15) is 0 Å². The zero-order chi connectivity index (χ0) is 18.8. The summed E-state index contributed by atoms with van der Waals surface area (Å²) in [6.07, 6.45) is 2.75. The van der Waals surface area contributed by atoms with Crippen molar-refractivity contribution in [2.75, 3.05) is 7.05 Å². The molecule has 2 N–H and O–H groups in total. The number of rotatable bonds is 5. The molecule has 0 radical (unpaired) electrons. The molecule has 6 nitrogen and oxygen atoms in total. The Morgan fingerprint density at radius 3 is 2.81 bits per heavy atom. The first-order valence-electron chi connectivity index (χ1n) is 8.99. The Labute approximate surface area is 162 Å². The zero-order valence-electron chi connectivity index (χ0n) is 15.4. The van der Waals surface area contributed by atoms with Gasteiger partial charge in [-0.15, -0.1) is 11.3 Å². The van der Waals surface area contributed by atoms with Gasteiger partial charge in [-0.25, -0.2) is 15.8 Å². The molecule has 1 aromatic carbocycles. The molecule has 2 aromatic heterocycles. The number of benzene rings is 1. The van der Waals surface area contributed by atoms with E-state index in [1.165, 1.54) is 5.69 Å². The van der Waals surface area contributed by atoms with Gasteiger partial charge in [0.1, 0.15) is 11.0 Å². The van der Waals surface area contributed by atoms with Gasteiger partial charge in [-0.1, -0.05) is 30.3 Å². The summed E-state index contributed by atoms with van der Waals surface area (Å²) in [6.45, 7) is 0.509. The van der Waals surface area contributed by atoms with E-state index in [4.69, 9.17) is 0 Å². The van der Waals surface area contributed by atoms with Crippen molar-refractivity contribution in [2.45, 2.75) is 25.0 Å². The van der Waals surface area contributed by atoms with E-state index in [-0.39, 0.29) is 18.0 Å². The summed E-state index contributed by atoms with van der Waals surface area (Å²) in [6, 6.07) is 14.1. The van der Waals surface area contributed by atoms with Crippen molar-refractivity contribution in [3.63, 3.8) is 0 Å². The molecule has 3 aromatic rings. The zero-order valence-corrected chi connectivity index (χ0v) is 16.2. The number of likely N-dealkylation sites (N-methyl/N-ethyl adjacent to an activating group) is 1. The molecule has 3 heterocycles. The number of carbonyl (C=O) groups is 1. The SMILES string of the molecule is CN(Cc1csc(-c2ccccc2)n1)C(=O)C1CC(c2cccn2C)NN1. The Morgan fingerprint density at radius 2 is 2.07 bits per heavy atom. The third kappa shape index (κ3) is 3.80. The van der Waals surface area contributed by atoms with Gasteiger partial charge in [0.15, 0.2) is 0 Å². The fourth-order valence-corrected chi connectivity index (χ4v) is 4.25. The van der Waals surface area contributed by atoms with Crippen molar-refractivity contribution < 1.29 is 4.79 Å². The first-order valence-corrected chi connectivity index (χ1v) is 9.87. The van der Waals surface area contributed by atoms with Gasteiger partial charge in [0.05, 0.1) is 18.3 Å². The summed E-state index contributed by atoms with van der Waals surface area (Å²) < 4.78 is 2.08. The first kappa shape index (κ1) is 17.9. The molecular formula is C20H23N5OS. The van der Waals surface area contributed by atoms with E-state index in [2.05, 4.69) is 38.6 Å². The van der Waals surface area contributed by atoms with E-state index in [1.54, 1.807) is 16.2 Å². The topological polar surface area (TPSA) is 62.2 Å². The normalized spacial score (nSPS) is 19.3. The van der Waals surface area contributed by atoms with Gasteiger partial charge in [0.2, 0.25) is 5.91 Å². The van der Waals surface area contributed by atoms with Crippen molar-refractivity contribution in [3.8, 4) is 10.6 Å². The molecule has 7 heteroatoms. The largest absolute Gasteiger partial charge is 0.353 e. The van der Waals surface area contributed by atoms with Crippen molar-refractivity contribution in [2.24, 2.45) is 7.05 Å². The highest BCUT2D eigenvalue weighted by Gasteiger charge is 2.32. The molecule has 1 aliphatic heterocycles. The van der Waals surface area contributed by atoms with Crippen molar-refractivity contribution in [1.29, 1.82) is 0 Å². The second-order valence-electron chi connectivity index (χ2n) is 6.88. The highest BCUT2D eigenvalue weighted by molar-refractivity contribution is 7.13. The Morgan fingerprint density at radius 1 is 1.26 bits per heavy atom. The van der Waals surface area contributed by atoms with Gasteiger partial charge in [-0.05, 0) is 18.6 Å². The van der Waals surface area contributed by atoms with Crippen LogP contribution in [0.2, 0.25) is 0 Å². The van der Waals surface area contributed by atoms with Gasteiger partial charge >= 0.3 is 0 Å². The Kier molecular flexibility index (Phi) is 5.07. The Balaban J connectivity index is 1.37. The van der Waals surface area contributed by atoms with Gasteiger partial charge in [0.25, 0.3) is 0 Å². The summed E-state index contributed by atoms with van der Waals surface area (Å²) in [5.74, 6) is 0.0773. The van der Waals surface area contributed by atoms with Crippen LogP contribution in [0.3, 0.4) is 0 Å². The van der Waals surface area contributed by atoms with Crippen molar-refractivity contribution in [3.05, 3.63) is 65.4 Å². The molecule has 140 valence electrons. The molecular weight excluding hydrogens is 358 g/mol. The molecule has 2 unspecified atom stereocenters. The van der Waals surface area contributed by atoms with E-state index in [0.717, 1.165) is 22.7 Å². The van der Waals surface area contributed by atoms with Crippen LogP contribution in [0.5, 0.6) is 0 Å². The molecule has 27 heavy (non-hydrogen) atoms. The molecule has 1 amide bonds. The molecule has 1 fully saturated rings. The van der Waals surface area contributed by atoms with E-state index < -0.39 is 0 Å². The van der Waals surface area contributed by atoms with Gasteiger partial charge in [-0.3, -0.25) is 4.79 Å². The summed E-state index contributed by atoms with van der Waals surface area (Å²) >= 11 is 1.61. The van der Waals surface area contributed by atoms with Crippen molar-refractivity contribution in [1.82, 2.24) is 25.3 Å². The van der Waals surface area contributed by atoms with E-state index in [0.29, 0.717) is 6.54 Å². The fraction of sp³-hybridized carbons (Fsp3) is 0.300. The number of amides is 1. The number of nitrogens with zero attached hydrogens (tertiary/aromatic N) is 3. The van der Waals surface area contributed by atoms with Crippen LogP contribution in [0.15, 0.2) is 54.0 Å². The molecule has 1 saturated heterocycles. The number of aryl methyl sites for hydroxylation is 1. The van der Waals surface area contributed by atoms with Gasteiger partial charge < -0.3 is 9.47 Å². The summed E-state index contributed by atoms with van der Waals surface area (Å²) in [5, 5.41) is 3.01. The maximum atomic E-state index is 12.8. The number of aromatic nitrogens is 2. The monoisotopic (exact) mass is 381 g/mol. The van der Waals surface area contributed by atoms with Gasteiger partial charge in [0, 0.05) is 36.9 Å². The van der Waals surface area contributed by atoms with Crippen LogP contribution in [0, 0.1) is 0 Å². The molecule has 4 rings (SSSR count). The minimum Gasteiger partial charge on any atom is -0.353 e. The number of nitrogens with one attached hydrogen (secondary N) is 2. The lowest BCUT2D eigenvalue weighted by atomic mass is 10.1. The number of thiazole rings is 1. The highest BCUT2D eigenvalue weighted by atomic mass is 32.1. The number of hydrazine groups is 1. The van der Waals surface area contributed by atoms with Crippen molar-refractivity contribution >= 4 is 17.2 Å². The number of carbonyl (C=O) groups excluding carboxylic acids is 1. The molecule has 0 spiro atoms. The Hall–Kier alpha value is -2.48. The molecule has 0 saturated carbocycles. The summed E-state index contributed by atoms with van der Waals surface area (Å²) in [4.78, 5) is 19.2. The molecule has 1 aliphatic rings. The standard InChI is InChI=1S/C20H23N5OS/c1-24-10-6-9-18(24)16-11-17(23-22-16)20(26)25(2)12-15-13-27-19(21-15)14-7-4-3-5-8-14/h3-10,13,16-17,22-23H,11-12H2,1-2H3.